The third kappa shape index (κ3) is 4.54. The summed E-state index contributed by atoms with van der Waals surface area (Å²) in [6.07, 6.45) is 0. The van der Waals surface area contributed by atoms with Gasteiger partial charge in [-0.2, -0.15) is 0 Å². The molecule has 0 aliphatic rings. The summed E-state index contributed by atoms with van der Waals surface area (Å²) in [7, 11) is 0. The molecule has 0 heterocycles. The molecule has 0 bridgehead atoms. The Bertz CT molecular complexity index is 629. The molecule has 0 fully saturated rings. The number of hydrogen-bond donors (Lipinski definition) is 3. The van der Waals surface area contributed by atoms with Crippen molar-refractivity contribution in [3.8, 4) is 11.5 Å². The lowest BCUT2D eigenvalue weighted by atomic mass is 10.2. The largest absolute Gasteiger partial charge is 0.457 e. The fourth-order valence-electron chi connectivity index (χ4n) is 1.64. The van der Waals surface area contributed by atoms with Crippen molar-refractivity contribution < 1.29 is 14.3 Å². The summed E-state index contributed by atoms with van der Waals surface area (Å²) >= 11 is 0. The van der Waals surface area contributed by atoms with Crippen LogP contribution in [0, 0.1) is 0 Å². The van der Waals surface area contributed by atoms with Gasteiger partial charge in [0, 0.05) is 5.56 Å². The second-order valence-corrected chi connectivity index (χ2v) is 4.17. The number of para-hydroxylation sites is 1. The molecule has 0 radical (unpaired) electrons. The highest BCUT2D eigenvalue weighted by Gasteiger charge is 2.06. The van der Waals surface area contributed by atoms with E-state index in [0.29, 0.717) is 17.1 Å². The van der Waals surface area contributed by atoms with Gasteiger partial charge in [-0.3, -0.25) is 4.79 Å². The van der Waals surface area contributed by atoms with Crippen LogP contribution in [0.2, 0.25) is 0 Å². The van der Waals surface area contributed by atoms with E-state index < -0.39 is 6.03 Å². The Morgan fingerprint density at radius 3 is 2.38 bits per heavy atom. The molecule has 0 aliphatic heterocycles. The van der Waals surface area contributed by atoms with E-state index in [1.54, 1.807) is 24.3 Å². The lowest BCUT2D eigenvalue weighted by Gasteiger charge is -2.08. The van der Waals surface area contributed by atoms with Crippen LogP contribution >= 0.6 is 0 Å². The number of rotatable bonds is 5. The highest BCUT2D eigenvalue weighted by Crippen LogP contribution is 2.21. The summed E-state index contributed by atoms with van der Waals surface area (Å²) in [5.74, 6) is 0.907. The molecule has 0 saturated heterocycles. The number of primary amides is 1. The number of nitrogens with two attached hydrogens (primary N) is 1. The summed E-state index contributed by atoms with van der Waals surface area (Å²) < 4.78 is 5.64. The van der Waals surface area contributed by atoms with Gasteiger partial charge in [0.25, 0.3) is 5.91 Å². The van der Waals surface area contributed by atoms with E-state index in [4.69, 9.17) is 10.5 Å². The molecule has 2 aromatic rings. The Kier molecular flexibility index (Phi) is 4.76. The third-order valence-corrected chi connectivity index (χ3v) is 2.59. The number of hydrogen-bond acceptors (Lipinski definition) is 3. The van der Waals surface area contributed by atoms with Gasteiger partial charge in [-0.05, 0) is 30.3 Å². The van der Waals surface area contributed by atoms with Crippen molar-refractivity contribution in [2.45, 2.75) is 0 Å². The summed E-state index contributed by atoms with van der Waals surface area (Å²) in [6, 6.07) is 15.3. The Hall–Kier alpha value is -3.02. The SMILES string of the molecule is NC(=O)NCNC(=O)c1cccc(Oc2ccccc2)c1. The molecule has 0 aromatic heterocycles. The monoisotopic (exact) mass is 285 g/mol. The van der Waals surface area contributed by atoms with Gasteiger partial charge >= 0.3 is 6.03 Å². The highest BCUT2D eigenvalue weighted by molar-refractivity contribution is 5.94. The van der Waals surface area contributed by atoms with E-state index in [2.05, 4.69) is 10.6 Å². The van der Waals surface area contributed by atoms with Crippen molar-refractivity contribution in [2.75, 3.05) is 6.67 Å². The molecule has 0 atom stereocenters. The standard InChI is InChI=1S/C15H15N3O3/c16-15(20)18-10-17-14(19)11-5-4-8-13(9-11)21-12-6-2-1-3-7-12/h1-9H,10H2,(H,17,19)(H3,16,18,20). The molecule has 6 nitrogen and oxygen atoms in total. The Labute approximate surface area is 121 Å². The van der Waals surface area contributed by atoms with Crippen molar-refractivity contribution in [1.29, 1.82) is 0 Å². The van der Waals surface area contributed by atoms with E-state index in [-0.39, 0.29) is 12.6 Å². The van der Waals surface area contributed by atoms with Crippen molar-refractivity contribution in [1.82, 2.24) is 10.6 Å². The van der Waals surface area contributed by atoms with Gasteiger partial charge in [-0.15, -0.1) is 0 Å². The van der Waals surface area contributed by atoms with E-state index in [9.17, 15) is 9.59 Å². The fraction of sp³-hybridized carbons (Fsp3) is 0.0667. The normalized spacial score (nSPS) is 9.71. The molecule has 0 spiro atoms. The zero-order valence-electron chi connectivity index (χ0n) is 11.2. The van der Waals surface area contributed by atoms with Crippen LogP contribution in [0.3, 0.4) is 0 Å². The molecular formula is C15H15N3O3. The molecule has 2 aromatic carbocycles. The van der Waals surface area contributed by atoms with Crippen LogP contribution in [0.25, 0.3) is 0 Å². The number of amides is 3. The summed E-state index contributed by atoms with van der Waals surface area (Å²) in [5.41, 5.74) is 5.33. The molecular weight excluding hydrogens is 270 g/mol. The van der Waals surface area contributed by atoms with E-state index in [1.165, 1.54) is 0 Å². The van der Waals surface area contributed by atoms with Crippen LogP contribution in [0.4, 0.5) is 4.79 Å². The van der Waals surface area contributed by atoms with Gasteiger partial charge < -0.3 is 21.1 Å². The Balaban J connectivity index is 2.00. The number of urea groups is 1. The number of carbonyl (C=O) groups excluding carboxylic acids is 2. The van der Waals surface area contributed by atoms with Gasteiger partial charge in [0.2, 0.25) is 0 Å². The number of carbonyl (C=O) groups is 2. The predicted molar refractivity (Wildman–Crippen MR) is 78.0 cm³/mol. The highest BCUT2D eigenvalue weighted by atomic mass is 16.5. The van der Waals surface area contributed by atoms with Crippen LogP contribution in [-0.4, -0.2) is 18.6 Å². The van der Waals surface area contributed by atoms with Crippen molar-refractivity contribution in [3.05, 3.63) is 60.2 Å². The van der Waals surface area contributed by atoms with E-state index in [0.717, 1.165) is 0 Å². The van der Waals surface area contributed by atoms with Gasteiger partial charge in [0.05, 0.1) is 6.67 Å². The molecule has 0 saturated carbocycles. The summed E-state index contributed by atoms with van der Waals surface area (Å²) in [4.78, 5) is 22.4. The molecule has 0 aliphatic carbocycles. The van der Waals surface area contributed by atoms with E-state index >= 15 is 0 Å². The zero-order valence-corrected chi connectivity index (χ0v) is 11.2. The Morgan fingerprint density at radius 2 is 1.67 bits per heavy atom. The first-order valence-electron chi connectivity index (χ1n) is 6.29. The summed E-state index contributed by atoms with van der Waals surface area (Å²) in [6.45, 7) is -0.0298. The van der Waals surface area contributed by atoms with Crippen LogP contribution in [-0.2, 0) is 0 Å². The zero-order chi connectivity index (χ0) is 15.1. The Morgan fingerprint density at radius 1 is 0.952 bits per heavy atom. The maximum absolute atomic E-state index is 11.9. The average molecular weight is 285 g/mol. The van der Waals surface area contributed by atoms with Crippen LogP contribution in [0.5, 0.6) is 11.5 Å². The maximum atomic E-state index is 11.9. The topological polar surface area (TPSA) is 93.5 Å². The molecule has 0 unspecified atom stereocenters. The quantitative estimate of drug-likeness (QED) is 0.732. The molecule has 2 rings (SSSR count). The minimum atomic E-state index is -0.698. The minimum absolute atomic E-state index is 0.0298. The molecule has 6 heteroatoms. The third-order valence-electron chi connectivity index (χ3n) is 2.59. The lowest BCUT2D eigenvalue weighted by Crippen LogP contribution is -2.39. The van der Waals surface area contributed by atoms with Gasteiger partial charge in [-0.1, -0.05) is 24.3 Å². The van der Waals surface area contributed by atoms with Gasteiger partial charge in [0.1, 0.15) is 11.5 Å². The van der Waals surface area contributed by atoms with Gasteiger partial charge in [-0.25, -0.2) is 4.79 Å². The summed E-state index contributed by atoms with van der Waals surface area (Å²) in [5, 5.41) is 4.79. The first kappa shape index (κ1) is 14.4. The van der Waals surface area contributed by atoms with Crippen LogP contribution < -0.4 is 21.1 Å². The lowest BCUT2D eigenvalue weighted by molar-refractivity contribution is 0.0952. The molecule has 21 heavy (non-hydrogen) atoms. The maximum Gasteiger partial charge on any atom is 0.313 e. The van der Waals surface area contributed by atoms with Crippen LogP contribution in [0.15, 0.2) is 54.6 Å². The van der Waals surface area contributed by atoms with Crippen LogP contribution in [0.1, 0.15) is 10.4 Å². The van der Waals surface area contributed by atoms with Crippen molar-refractivity contribution in [2.24, 2.45) is 5.73 Å². The average Bonchev–Trinajstić information content (AvgIpc) is 2.48. The molecule has 4 N–H and O–H groups in total. The molecule has 3 amide bonds. The van der Waals surface area contributed by atoms with Crippen molar-refractivity contribution >= 4 is 11.9 Å². The number of nitrogens with one attached hydrogen (secondary N) is 2. The first-order valence-corrected chi connectivity index (χ1v) is 6.29. The first-order chi connectivity index (χ1) is 10.1. The van der Waals surface area contributed by atoms with E-state index in [1.807, 2.05) is 30.3 Å². The fourth-order valence-corrected chi connectivity index (χ4v) is 1.64. The number of benzene rings is 2. The van der Waals surface area contributed by atoms with Gasteiger partial charge in [0.15, 0.2) is 0 Å². The smallest absolute Gasteiger partial charge is 0.313 e. The predicted octanol–water partition coefficient (Wildman–Crippen LogP) is 1.83. The van der Waals surface area contributed by atoms with Crippen molar-refractivity contribution in [3.63, 3.8) is 0 Å². The minimum Gasteiger partial charge on any atom is -0.457 e. The second kappa shape index (κ2) is 6.95. The second-order valence-electron chi connectivity index (χ2n) is 4.17. The number of ether oxygens (including phenoxy) is 1. The molecule has 108 valence electrons.